The highest BCUT2D eigenvalue weighted by Crippen LogP contribution is 2.43. The molecule has 1 nitrogen and oxygen atoms in total. The SMILES string of the molecule is C=CC1CCC2(CC1)CO2. The van der Waals surface area contributed by atoms with Gasteiger partial charge in [-0.15, -0.1) is 6.58 Å². The summed E-state index contributed by atoms with van der Waals surface area (Å²) in [4.78, 5) is 0. The van der Waals surface area contributed by atoms with E-state index >= 15 is 0 Å². The van der Waals surface area contributed by atoms with Gasteiger partial charge in [-0.3, -0.25) is 0 Å². The molecule has 1 spiro atoms. The van der Waals surface area contributed by atoms with E-state index in [2.05, 4.69) is 12.7 Å². The average Bonchev–Trinajstić information content (AvgIpc) is 2.72. The van der Waals surface area contributed by atoms with Crippen molar-refractivity contribution in [1.29, 1.82) is 0 Å². The van der Waals surface area contributed by atoms with E-state index in [1.165, 1.54) is 25.7 Å². The molecule has 1 heterocycles. The molecule has 1 saturated heterocycles. The van der Waals surface area contributed by atoms with Gasteiger partial charge in [0.05, 0.1) is 12.2 Å². The van der Waals surface area contributed by atoms with E-state index in [-0.39, 0.29) is 0 Å². The number of hydrogen-bond acceptors (Lipinski definition) is 1. The second-order valence-corrected chi connectivity index (χ2v) is 3.54. The minimum Gasteiger partial charge on any atom is -0.370 e. The summed E-state index contributed by atoms with van der Waals surface area (Å²) in [5.74, 6) is 0.773. The number of allylic oxidation sites excluding steroid dienone is 1. The number of rotatable bonds is 1. The second kappa shape index (κ2) is 2.09. The third-order valence-corrected chi connectivity index (χ3v) is 2.83. The molecule has 0 unspecified atom stereocenters. The van der Waals surface area contributed by atoms with Crippen molar-refractivity contribution in [3.63, 3.8) is 0 Å². The summed E-state index contributed by atoms with van der Waals surface area (Å²) in [6.07, 6.45) is 7.22. The Morgan fingerprint density at radius 2 is 2.00 bits per heavy atom. The molecule has 56 valence electrons. The van der Waals surface area contributed by atoms with Crippen molar-refractivity contribution in [3.8, 4) is 0 Å². The molecule has 0 aromatic carbocycles. The van der Waals surface area contributed by atoms with Crippen LogP contribution in [0.5, 0.6) is 0 Å². The lowest BCUT2D eigenvalue weighted by molar-refractivity contribution is 0.216. The van der Waals surface area contributed by atoms with E-state index in [0.29, 0.717) is 5.60 Å². The molecule has 0 aromatic heterocycles. The maximum Gasteiger partial charge on any atom is 0.0917 e. The third-order valence-electron chi connectivity index (χ3n) is 2.83. The van der Waals surface area contributed by atoms with Gasteiger partial charge in [-0.2, -0.15) is 0 Å². The number of hydrogen-bond donors (Lipinski definition) is 0. The Balaban J connectivity index is 1.89. The predicted octanol–water partition coefficient (Wildman–Crippen LogP) is 2.13. The fourth-order valence-electron chi connectivity index (χ4n) is 1.79. The van der Waals surface area contributed by atoms with Crippen LogP contribution in [0.1, 0.15) is 25.7 Å². The van der Waals surface area contributed by atoms with E-state index < -0.39 is 0 Å². The molecule has 0 N–H and O–H groups in total. The number of ether oxygens (including phenoxy) is 1. The van der Waals surface area contributed by atoms with Crippen LogP contribution in [0, 0.1) is 5.92 Å². The highest BCUT2D eigenvalue weighted by molar-refractivity contribution is 4.98. The average molecular weight is 138 g/mol. The van der Waals surface area contributed by atoms with Gasteiger partial charge in [-0.1, -0.05) is 6.08 Å². The van der Waals surface area contributed by atoms with Crippen LogP contribution < -0.4 is 0 Å². The van der Waals surface area contributed by atoms with Crippen LogP contribution >= 0.6 is 0 Å². The fraction of sp³-hybridized carbons (Fsp3) is 0.778. The van der Waals surface area contributed by atoms with Crippen molar-refractivity contribution in [1.82, 2.24) is 0 Å². The molecule has 1 aliphatic carbocycles. The Morgan fingerprint density at radius 1 is 1.40 bits per heavy atom. The van der Waals surface area contributed by atoms with Crippen LogP contribution in [0.15, 0.2) is 12.7 Å². The monoisotopic (exact) mass is 138 g/mol. The van der Waals surface area contributed by atoms with Crippen LogP contribution in [0.25, 0.3) is 0 Å². The van der Waals surface area contributed by atoms with Crippen molar-refractivity contribution in [2.24, 2.45) is 5.92 Å². The molecule has 10 heavy (non-hydrogen) atoms. The normalized spacial score (nSPS) is 45.4. The van der Waals surface area contributed by atoms with Gasteiger partial charge in [0.1, 0.15) is 0 Å². The molecular weight excluding hydrogens is 124 g/mol. The Labute approximate surface area is 62.1 Å². The second-order valence-electron chi connectivity index (χ2n) is 3.54. The van der Waals surface area contributed by atoms with Gasteiger partial charge >= 0.3 is 0 Å². The van der Waals surface area contributed by atoms with Gasteiger partial charge in [0.25, 0.3) is 0 Å². The summed E-state index contributed by atoms with van der Waals surface area (Å²) in [5, 5.41) is 0. The minimum atomic E-state index is 0.361. The molecule has 1 saturated carbocycles. The third kappa shape index (κ3) is 0.988. The van der Waals surface area contributed by atoms with E-state index in [0.717, 1.165) is 12.5 Å². The van der Waals surface area contributed by atoms with Gasteiger partial charge in [0, 0.05) is 0 Å². The molecule has 0 amide bonds. The zero-order valence-electron chi connectivity index (χ0n) is 6.31. The molecule has 1 heteroatoms. The topological polar surface area (TPSA) is 12.5 Å². The van der Waals surface area contributed by atoms with Crippen molar-refractivity contribution in [2.75, 3.05) is 6.61 Å². The Bertz CT molecular complexity index is 137. The molecule has 0 radical (unpaired) electrons. The van der Waals surface area contributed by atoms with Crippen LogP contribution in [-0.4, -0.2) is 12.2 Å². The molecule has 0 bridgehead atoms. The van der Waals surface area contributed by atoms with Crippen molar-refractivity contribution >= 4 is 0 Å². The molecule has 0 aromatic rings. The lowest BCUT2D eigenvalue weighted by Gasteiger charge is -2.23. The minimum absolute atomic E-state index is 0.361. The Hall–Kier alpha value is -0.300. The van der Waals surface area contributed by atoms with Gasteiger partial charge in [0.15, 0.2) is 0 Å². The zero-order valence-corrected chi connectivity index (χ0v) is 6.31. The molecule has 0 atom stereocenters. The predicted molar refractivity (Wildman–Crippen MR) is 40.8 cm³/mol. The lowest BCUT2D eigenvalue weighted by atomic mass is 9.82. The summed E-state index contributed by atoms with van der Waals surface area (Å²) in [6.45, 7) is 4.84. The van der Waals surface area contributed by atoms with Crippen molar-refractivity contribution in [3.05, 3.63) is 12.7 Å². The Morgan fingerprint density at radius 3 is 2.40 bits per heavy atom. The first-order valence-corrected chi connectivity index (χ1v) is 4.11. The van der Waals surface area contributed by atoms with E-state index in [1.807, 2.05) is 0 Å². The highest BCUT2D eigenvalue weighted by Gasteiger charge is 2.46. The molecule has 2 fully saturated rings. The van der Waals surface area contributed by atoms with Gasteiger partial charge in [-0.05, 0) is 31.6 Å². The molecule has 2 rings (SSSR count). The van der Waals surface area contributed by atoms with Crippen molar-refractivity contribution in [2.45, 2.75) is 31.3 Å². The quantitative estimate of drug-likeness (QED) is 0.399. The summed E-state index contributed by atoms with van der Waals surface area (Å²) in [6, 6.07) is 0. The Kier molecular flexibility index (Phi) is 1.34. The van der Waals surface area contributed by atoms with Crippen LogP contribution in [0.4, 0.5) is 0 Å². The van der Waals surface area contributed by atoms with Crippen LogP contribution in [0.3, 0.4) is 0 Å². The fourth-order valence-corrected chi connectivity index (χ4v) is 1.79. The molecular formula is C9H14O. The van der Waals surface area contributed by atoms with E-state index in [1.54, 1.807) is 0 Å². The zero-order chi connectivity index (χ0) is 7.03. The highest BCUT2D eigenvalue weighted by atomic mass is 16.6. The molecule has 1 aliphatic heterocycles. The van der Waals surface area contributed by atoms with Gasteiger partial charge < -0.3 is 4.74 Å². The molecule has 2 aliphatic rings. The lowest BCUT2D eigenvalue weighted by Crippen LogP contribution is -2.20. The maximum atomic E-state index is 5.40. The first kappa shape index (κ1) is 6.41. The maximum absolute atomic E-state index is 5.40. The summed E-state index contributed by atoms with van der Waals surface area (Å²) in [7, 11) is 0. The summed E-state index contributed by atoms with van der Waals surface area (Å²) < 4.78 is 5.40. The van der Waals surface area contributed by atoms with E-state index in [4.69, 9.17) is 4.74 Å². The first-order valence-electron chi connectivity index (χ1n) is 4.11. The number of epoxide rings is 1. The van der Waals surface area contributed by atoms with Gasteiger partial charge in [-0.25, -0.2) is 0 Å². The van der Waals surface area contributed by atoms with Crippen LogP contribution in [-0.2, 0) is 4.74 Å². The smallest absolute Gasteiger partial charge is 0.0917 e. The largest absolute Gasteiger partial charge is 0.370 e. The van der Waals surface area contributed by atoms with E-state index in [9.17, 15) is 0 Å². The summed E-state index contributed by atoms with van der Waals surface area (Å²) in [5.41, 5.74) is 0.361. The van der Waals surface area contributed by atoms with Crippen molar-refractivity contribution < 1.29 is 4.74 Å². The standard InChI is InChI=1S/C9H14O/c1-2-8-3-5-9(6-4-8)7-10-9/h2,8H,1,3-7H2. The van der Waals surface area contributed by atoms with Gasteiger partial charge in [0.2, 0.25) is 0 Å². The van der Waals surface area contributed by atoms with Crippen LogP contribution in [0.2, 0.25) is 0 Å². The first-order chi connectivity index (χ1) is 4.85. The summed E-state index contributed by atoms with van der Waals surface area (Å²) >= 11 is 0.